The lowest BCUT2D eigenvalue weighted by atomic mass is 9.86. The summed E-state index contributed by atoms with van der Waals surface area (Å²) in [4.78, 5) is 37.9. The third-order valence-electron chi connectivity index (χ3n) is 5.29. The molecule has 0 spiro atoms. The summed E-state index contributed by atoms with van der Waals surface area (Å²) in [6.45, 7) is 6.20. The SMILES string of the molecule is Cc1cc(C)c(C2C(=O)CC(CC(=O)NCc3cccc(Cl)c3)C2=O)c(C)c1. The first kappa shape index (κ1) is 20.3. The minimum atomic E-state index is -0.744. The van der Waals surface area contributed by atoms with Gasteiger partial charge in [0.25, 0.3) is 0 Å². The van der Waals surface area contributed by atoms with E-state index in [-0.39, 0.29) is 30.3 Å². The molecule has 0 bridgehead atoms. The van der Waals surface area contributed by atoms with Crippen LogP contribution in [0.5, 0.6) is 0 Å². The van der Waals surface area contributed by atoms with Crippen LogP contribution in [0, 0.1) is 26.7 Å². The first-order chi connectivity index (χ1) is 13.3. The average molecular weight is 398 g/mol. The number of hydrogen-bond acceptors (Lipinski definition) is 3. The highest BCUT2D eigenvalue weighted by Crippen LogP contribution is 2.37. The van der Waals surface area contributed by atoms with E-state index >= 15 is 0 Å². The van der Waals surface area contributed by atoms with E-state index < -0.39 is 11.8 Å². The quantitative estimate of drug-likeness (QED) is 0.768. The molecule has 0 aromatic heterocycles. The lowest BCUT2D eigenvalue weighted by molar-refractivity contribution is -0.128. The summed E-state index contributed by atoms with van der Waals surface area (Å²) in [5, 5.41) is 3.42. The lowest BCUT2D eigenvalue weighted by Gasteiger charge is -2.16. The molecule has 1 aliphatic rings. The second-order valence-electron chi connectivity index (χ2n) is 7.63. The van der Waals surface area contributed by atoms with Gasteiger partial charge in [0.1, 0.15) is 11.7 Å². The fourth-order valence-corrected chi connectivity index (χ4v) is 4.33. The highest BCUT2D eigenvalue weighted by molar-refractivity contribution is 6.30. The summed E-state index contributed by atoms with van der Waals surface area (Å²) in [5.41, 5.74) is 4.71. The molecule has 0 aliphatic heterocycles. The second kappa shape index (κ2) is 8.27. The van der Waals surface area contributed by atoms with Gasteiger partial charge >= 0.3 is 0 Å². The molecule has 0 radical (unpaired) electrons. The minimum Gasteiger partial charge on any atom is -0.352 e. The van der Waals surface area contributed by atoms with Gasteiger partial charge in [-0.25, -0.2) is 0 Å². The van der Waals surface area contributed by atoms with Crippen LogP contribution in [0.2, 0.25) is 5.02 Å². The van der Waals surface area contributed by atoms with Gasteiger partial charge in [-0.15, -0.1) is 0 Å². The van der Waals surface area contributed by atoms with Crippen molar-refractivity contribution in [2.24, 2.45) is 5.92 Å². The topological polar surface area (TPSA) is 63.2 Å². The number of halogens is 1. The standard InChI is InChI=1S/C23H24ClNO3/c1-13-7-14(2)21(15(3)8-13)22-19(26)10-17(23(22)28)11-20(27)25-12-16-5-4-6-18(24)9-16/h4-9,17,22H,10-12H2,1-3H3,(H,25,27). The molecule has 146 valence electrons. The number of nitrogens with one attached hydrogen (secondary N) is 1. The van der Waals surface area contributed by atoms with Gasteiger partial charge in [0.2, 0.25) is 5.91 Å². The summed E-state index contributed by atoms with van der Waals surface area (Å²) in [6.07, 6.45) is 0.159. The Morgan fingerprint density at radius 1 is 1.11 bits per heavy atom. The van der Waals surface area contributed by atoms with Crippen LogP contribution in [-0.4, -0.2) is 17.5 Å². The molecule has 1 amide bonds. The smallest absolute Gasteiger partial charge is 0.221 e. The fourth-order valence-electron chi connectivity index (χ4n) is 4.12. The maximum absolute atomic E-state index is 12.9. The number of ketones is 2. The second-order valence-corrected chi connectivity index (χ2v) is 8.06. The van der Waals surface area contributed by atoms with Gasteiger partial charge in [0, 0.05) is 30.3 Å². The van der Waals surface area contributed by atoms with E-state index in [0.717, 1.165) is 27.8 Å². The zero-order valence-electron chi connectivity index (χ0n) is 16.3. The van der Waals surface area contributed by atoms with E-state index in [1.807, 2.05) is 45.0 Å². The number of carbonyl (C=O) groups is 3. The molecule has 1 N–H and O–H groups in total. The molecular weight excluding hydrogens is 374 g/mol. The number of Topliss-reactive ketones (excluding diaryl/α,β-unsaturated/α-hetero) is 2. The van der Waals surface area contributed by atoms with Gasteiger partial charge in [-0.05, 0) is 55.2 Å². The van der Waals surface area contributed by atoms with Crippen molar-refractivity contribution in [2.45, 2.75) is 46.1 Å². The van der Waals surface area contributed by atoms with Crippen LogP contribution in [0.1, 0.15) is 46.6 Å². The summed E-state index contributed by atoms with van der Waals surface area (Å²) < 4.78 is 0. The first-order valence-electron chi connectivity index (χ1n) is 9.41. The molecule has 2 unspecified atom stereocenters. The third-order valence-corrected chi connectivity index (χ3v) is 5.53. The molecule has 2 aromatic carbocycles. The molecule has 0 heterocycles. The van der Waals surface area contributed by atoms with Crippen LogP contribution in [0.25, 0.3) is 0 Å². The number of hydrogen-bond donors (Lipinski definition) is 1. The van der Waals surface area contributed by atoms with Crippen molar-refractivity contribution >= 4 is 29.1 Å². The molecule has 1 saturated carbocycles. The van der Waals surface area contributed by atoms with Gasteiger partial charge in [-0.2, -0.15) is 0 Å². The van der Waals surface area contributed by atoms with E-state index in [1.165, 1.54) is 0 Å². The van der Waals surface area contributed by atoms with Crippen LogP contribution >= 0.6 is 11.6 Å². The molecule has 2 atom stereocenters. The van der Waals surface area contributed by atoms with Crippen LogP contribution in [-0.2, 0) is 20.9 Å². The van der Waals surface area contributed by atoms with Crippen molar-refractivity contribution in [3.63, 3.8) is 0 Å². The molecule has 28 heavy (non-hydrogen) atoms. The van der Waals surface area contributed by atoms with Gasteiger partial charge in [-0.3, -0.25) is 14.4 Å². The van der Waals surface area contributed by atoms with Crippen LogP contribution in [0.3, 0.4) is 0 Å². The van der Waals surface area contributed by atoms with E-state index in [9.17, 15) is 14.4 Å². The molecule has 0 saturated heterocycles. The van der Waals surface area contributed by atoms with Crippen LogP contribution < -0.4 is 5.32 Å². The predicted octanol–water partition coefficient (Wildman–Crippen LogP) is 4.21. The third kappa shape index (κ3) is 4.33. The Morgan fingerprint density at radius 2 is 1.79 bits per heavy atom. The van der Waals surface area contributed by atoms with Gasteiger partial charge in [0.15, 0.2) is 5.78 Å². The Balaban J connectivity index is 1.67. The Bertz CT molecular complexity index is 928. The number of rotatable bonds is 5. The number of aryl methyl sites for hydroxylation is 3. The fraction of sp³-hybridized carbons (Fsp3) is 0.348. The normalized spacial score (nSPS) is 19.1. The number of benzene rings is 2. The first-order valence-corrected chi connectivity index (χ1v) is 9.79. The molecule has 3 rings (SSSR count). The van der Waals surface area contributed by atoms with Crippen molar-refractivity contribution in [1.82, 2.24) is 5.32 Å². The maximum Gasteiger partial charge on any atom is 0.221 e. The highest BCUT2D eigenvalue weighted by Gasteiger charge is 2.43. The van der Waals surface area contributed by atoms with Crippen molar-refractivity contribution < 1.29 is 14.4 Å². The van der Waals surface area contributed by atoms with Crippen LogP contribution in [0.4, 0.5) is 0 Å². The van der Waals surface area contributed by atoms with E-state index in [1.54, 1.807) is 12.1 Å². The molecular formula is C23H24ClNO3. The van der Waals surface area contributed by atoms with Crippen molar-refractivity contribution in [3.05, 3.63) is 69.2 Å². The highest BCUT2D eigenvalue weighted by atomic mass is 35.5. The van der Waals surface area contributed by atoms with Crippen molar-refractivity contribution in [2.75, 3.05) is 0 Å². The van der Waals surface area contributed by atoms with E-state index in [0.29, 0.717) is 11.6 Å². The van der Waals surface area contributed by atoms with Crippen molar-refractivity contribution in [3.8, 4) is 0 Å². The zero-order valence-corrected chi connectivity index (χ0v) is 17.1. The van der Waals surface area contributed by atoms with Crippen LogP contribution in [0.15, 0.2) is 36.4 Å². The maximum atomic E-state index is 12.9. The summed E-state index contributed by atoms with van der Waals surface area (Å²) >= 11 is 5.95. The van der Waals surface area contributed by atoms with Crippen molar-refractivity contribution in [1.29, 1.82) is 0 Å². The van der Waals surface area contributed by atoms with E-state index in [2.05, 4.69) is 5.32 Å². The molecule has 1 fully saturated rings. The minimum absolute atomic E-state index is 0.0333. The Hall–Kier alpha value is -2.46. The largest absolute Gasteiger partial charge is 0.352 e. The summed E-state index contributed by atoms with van der Waals surface area (Å²) in [5.74, 6) is -1.77. The predicted molar refractivity (Wildman–Crippen MR) is 109 cm³/mol. The van der Waals surface area contributed by atoms with Gasteiger partial charge in [-0.1, -0.05) is 41.4 Å². The Morgan fingerprint density at radius 3 is 2.43 bits per heavy atom. The zero-order chi connectivity index (χ0) is 20.4. The number of carbonyl (C=O) groups excluding carboxylic acids is 3. The average Bonchev–Trinajstić information content (AvgIpc) is 2.87. The monoisotopic (exact) mass is 397 g/mol. The summed E-state index contributed by atoms with van der Waals surface area (Å²) in [6, 6.07) is 11.2. The molecule has 4 nitrogen and oxygen atoms in total. The summed E-state index contributed by atoms with van der Waals surface area (Å²) in [7, 11) is 0. The molecule has 2 aromatic rings. The Kier molecular flexibility index (Phi) is 5.99. The lowest BCUT2D eigenvalue weighted by Crippen LogP contribution is -2.27. The van der Waals surface area contributed by atoms with Gasteiger partial charge in [0.05, 0.1) is 0 Å². The van der Waals surface area contributed by atoms with E-state index in [4.69, 9.17) is 11.6 Å². The Labute approximate surface area is 170 Å². The molecule has 1 aliphatic carbocycles. The molecule has 5 heteroatoms. The van der Waals surface area contributed by atoms with Gasteiger partial charge < -0.3 is 5.32 Å². The number of amides is 1.